The van der Waals surface area contributed by atoms with Crippen LogP contribution in [0.2, 0.25) is 0 Å². The maximum Gasteiger partial charge on any atom is 0.250 e. The van der Waals surface area contributed by atoms with Gasteiger partial charge in [0.15, 0.2) is 11.6 Å². The van der Waals surface area contributed by atoms with E-state index in [9.17, 15) is 5.11 Å². The molecule has 2 aliphatic rings. The van der Waals surface area contributed by atoms with Gasteiger partial charge < -0.3 is 14.3 Å². The van der Waals surface area contributed by atoms with Crippen molar-refractivity contribution in [2.45, 2.75) is 70.9 Å². The number of hydrogen-bond acceptors (Lipinski definition) is 3. The first kappa shape index (κ1) is 13.5. The summed E-state index contributed by atoms with van der Waals surface area (Å²) in [6.07, 6.45) is 6.11. The summed E-state index contributed by atoms with van der Waals surface area (Å²) < 4.78 is 11.2. The van der Waals surface area contributed by atoms with E-state index in [1.54, 1.807) is 6.92 Å². The van der Waals surface area contributed by atoms with Crippen LogP contribution < -0.4 is 0 Å². The fourth-order valence-electron chi connectivity index (χ4n) is 3.56. The van der Waals surface area contributed by atoms with E-state index in [-0.39, 0.29) is 5.41 Å². The second-order valence-corrected chi connectivity index (χ2v) is 6.26. The summed E-state index contributed by atoms with van der Waals surface area (Å²) in [7, 11) is 3.11. The van der Waals surface area contributed by atoms with E-state index >= 15 is 0 Å². The molecule has 4 unspecified atom stereocenters. The molecule has 0 aromatic carbocycles. The van der Waals surface area contributed by atoms with Crippen molar-refractivity contribution in [1.82, 2.24) is 0 Å². The predicted molar refractivity (Wildman–Crippen MR) is 66.3 cm³/mol. The highest BCUT2D eigenvalue weighted by Gasteiger charge is 2.62. The maximum atomic E-state index is 10.7. The van der Waals surface area contributed by atoms with E-state index in [1.807, 2.05) is 0 Å². The number of aliphatic hydroxyl groups is 1. The Morgan fingerprint density at radius 2 is 2.18 bits per heavy atom. The van der Waals surface area contributed by atoms with Gasteiger partial charge in [0.1, 0.15) is 0 Å². The molecule has 4 atom stereocenters. The number of fused-ring (bicyclic) bond motifs is 2. The summed E-state index contributed by atoms with van der Waals surface area (Å²) >= 11 is 0. The average molecular weight is 255 g/mol. The van der Waals surface area contributed by atoms with Gasteiger partial charge in [-0.1, -0.05) is 26.7 Å². The topological polar surface area (TPSA) is 38.7 Å². The van der Waals surface area contributed by atoms with Crippen molar-refractivity contribution in [3.63, 3.8) is 0 Å². The van der Waals surface area contributed by atoms with Gasteiger partial charge in [-0.15, -0.1) is 0 Å². The van der Waals surface area contributed by atoms with Gasteiger partial charge in [-0.2, -0.15) is 0 Å². The van der Waals surface area contributed by atoms with Crippen LogP contribution in [-0.4, -0.2) is 27.2 Å². The van der Waals surface area contributed by atoms with Gasteiger partial charge in [0.05, 0.1) is 0 Å². The van der Waals surface area contributed by atoms with E-state index in [0.29, 0.717) is 5.92 Å². The van der Waals surface area contributed by atoms with Crippen LogP contribution in [0.15, 0.2) is 0 Å². The molecule has 1 saturated carbocycles. The van der Waals surface area contributed by atoms with Gasteiger partial charge in [0.25, 0.3) is 0 Å². The van der Waals surface area contributed by atoms with Crippen LogP contribution in [0.25, 0.3) is 0 Å². The van der Waals surface area contributed by atoms with E-state index in [0.717, 1.165) is 38.5 Å². The highest BCUT2D eigenvalue weighted by Crippen LogP contribution is 2.59. The number of ether oxygens (including phenoxy) is 1. The molecule has 0 spiro atoms. The first-order chi connectivity index (χ1) is 7.89. The molecule has 2 rings (SSSR count). The van der Waals surface area contributed by atoms with Crippen molar-refractivity contribution in [3.05, 3.63) is 0 Å². The quantitative estimate of drug-likeness (QED) is 0.785. The minimum absolute atomic E-state index is 0.159. The molecule has 0 amide bonds. The monoisotopic (exact) mass is 255 g/mol. The van der Waals surface area contributed by atoms with Crippen LogP contribution >= 0.6 is 0 Å². The molecule has 1 saturated heterocycles. The first-order valence-electron chi connectivity index (χ1n) is 6.66. The predicted octanol–water partition coefficient (Wildman–Crippen LogP) is 2.52. The maximum absolute atomic E-state index is 10.7. The van der Waals surface area contributed by atoms with Crippen LogP contribution in [0, 0.1) is 11.3 Å². The van der Waals surface area contributed by atoms with Crippen molar-refractivity contribution < 1.29 is 14.3 Å². The van der Waals surface area contributed by atoms with Crippen LogP contribution in [-0.2, 0) is 9.16 Å². The Morgan fingerprint density at radius 1 is 1.47 bits per heavy atom. The average Bonchev–Trinajstić information content (AvgIpc) is 2.66. The van der Waals surface area contributed by atoms with Gasteiger partial charge >= 0.3 is 0 Å². The third-order valence-electron chi connectivity index (χ3n) is 5.01. The molecule has 1 aliphatic carbocycles. The van der Waals surface area contributed by atoms with E-state index in [1.165, 1.54) is 0 Å². The highest BCUT2D eigenvalue weighted by atomic mass is 28.2. The van der Waals surface area contributed by atoms with Crippen LogP contribution in [0.5, 0.6) is 0 Å². The largest absolute Gasteiger partial charge is 0.392 e. The number of rotatable bonds is 4. The van der Waals surface area contributed by atoms with Crippen molar-refractivity contribution in [1.29, 1.82) is 0 Å². The summed E-state index contributed by atoms with van der Waals surface area (Å²) in [6, 6.07) is 0. The Balaban J connectivity index is 2.23. The summed E-state index contributed by atoms with van der Waals surface area (Å²) in [5.74, 6) is -1.24. The minimum atomic E-state index is -1.10. The highest BCUT2D eigenvalue weighted by molar-refractivity contribution is 5.98. The molecule has 0 aromatic rings. The summed E-state index contributed by atoms with van der Waals surface area (Å²) in [5.41, 5.74) is -0.159. The Bertz CT molecular complexity index is 294. The third-order valence-corrected chi connectivity index (χ3v) is 5.38. The standard InChI is InChI=1S/C13H23O3Si/c1-4-5-7-11(2)10-6-8-13(9-10,16-17)15-12(11,3)14/h10,14H,4-9H2,1-3H3. The lowest BCUT2D eigenvalue weighted by atomic mass is 9.66. The van der Waals surface area contributed by atoms with Crippen molar-refractivity contribution >= 4 is 10.5 Å². The minimum Gasteiger partial charge on any atom is -0.392 e. The second-order valence-electron chi connectivity index (χ2n) is 6.06. The molecule has 2 bridgehead atoms. The second kappa shape index (κ2) is 4.33. The normalized spacial score (nSPS) is 49.6. The molecule has 0 aromatic heterocycles. The Morgan fingerprint density at radius 3 is 2.76 bits per heavy atom. The summed E-state index contributed by atoms with van der Waals surface area (Å²) in [6.45, 7) is 6.14. The first-order valence-corrected chi connectivity index (χ1v) is 7.07. The molecular formula is C13H23O3Si. The van der Waals surface area contributed by atoms with Crippen molar-refractivity contribution in [2.75, 3.05) is 0 Å². The molecule has 1 heterocycles. The van der Waals surface area contributed by atoms with Crippen molar-refractivity contribution in [2.24, 2.45) is 11.3 Å². The smallest absolute Gasteiger partial charge is 0.250 e. The van der Waals surface area contributed by atoms with Gasteiger partial charge in [-0.3, -0.25) is 0 Å². The van der Waals surface area contributed by atoms with E-state index in [4.69, 9.17) is 9.16 Å². The molecule has 17 heavy (non-hydrogen) atoms. The molecule has 3 radical (unpaired) electrons. The molecular weight excluding hydrogens is 232 g/mol. The van der Waals surface area contributed by atoms with E-state index < -0.39 is 11.6 Å². The fourth-order valence-corrected chi connectivity index (χ4v) is 3.79. The Hall–Kier alpha value is 0.0969. The lowest BCUT2D eigenvalue weighted by Crippen LogP contribution is -2.58. The SMILES string of the molecule is CCCCC1(C)C2CCC(O[Si])(C2)OC1(C)O. The molecule has 1 aliphatic heterocycles. The molecule has 97 valence electrons. The van der Waals surface area contributed by atoms with Gasteiger partial charge in [-0.05, 0) is 25.7 Å². The Labute approximate surface area is 107 Å². The fraction of sp³-hybridized carbons (Fsp3) is 1.00. The molecule has 3 nitrogen and oxygen atoms in total. The Kier molecular flexibility index (Phi) is 3.45. The van der Waals surface area contributed by atoms with Gasteiger partial charge in [0.2, 0.25) is 10.5 Å². The lowest BCUT2D eigenvalue weighted by molar-refractivity contribution is -0.380. The number of hydrogen-bond donors (Lipinski definition) is 1. The number of unbranched alkanes of at least 4 members (excludes halogenated alkanes) is 1. The van der Waals surface area contributed by atoms with Crippen LogP contribution in [0.1, 0.15) is 59.3 Å². The zero-order chi connectivity index (χ0) is 12.7. The summed E-state index contributed by atoms with van der Waals surface area (Å²) in [5, 5.41) is 10.7. The van der Waals surface area contributed by atoms with E-state index in [2.05, 4.69) is 24.3 Å². The lowest BCUT2D eigenvalue weighted by Gasteiger charge is -2.53. The molecule has 1 N–H and O–H groups in total. The van der Waals surface area contributed by atoms with Crippen LogP contribution in [0.3, 0.4) is 0 Å². The zero-order valence-corrected chi connectivity index (χ0v) is 12.1. The van der Waals surface area contributed by atoms with Gasteiger partial charge in [0, 0.05) is 18.3 Å². The zero-order valence-electron chi connectivity index (χ0n) is 11.1. The molecule has 2 fully saturated rings. The third kappa shape index (κ3) is 1.99. The molecule has 4 heteroatoms. The summed E-state index contributed by atoms with van der Waals surface area (Å²) in [4.78, 5) is 0. The van der Waals surface area contributed by atoms with Crippen LogP contribution in [0.4, 0.5) is 0 Å². The van der Waals surface area contributed by atoms with Gasteiger partial charge in [-0.25, -0.2) is 0 Å². The van der Waals surface area contributed by atoms with Crippen molar-refractivity contribution in [3.8, 4) is 0 Å².